The van der Waals surface area contributed by atoms with Gasteiger partial charge in [0.15, 0.2) is 11.5 Å². The van der Waals surface area contributed by atoms with Gasteiger partial charge in [-0.05, 0) is 30.2 Å². The van der Waals surface area contributed by atoms with E-state index < -0.39 is 0 Å². The second-order valence-corrected chi connectivity index (χ2v) is 4.83. The zero-order chi connectivity index (χ0) is 14.1. The van der Waals surface area contributed by atoms with Crippen LogP contribution < -0.4 is 14.2 Å². The molecule has 0 saturated heterocycles. The number of methoxy groups -OCH3 is 2. The Kier molecular flexibility index (Phi) is 3.26. The average Bonchev–Trinajstić information content (AvgIpc) is 2.93. The third-order valence-corrected chi connectivity index (χ3v) is 3.51. The third kappa shape index (κ3) is 1.99. The fourth-order valence-electron chi connectivity index (χ4n) is 2.65. The molecule has 0 N–H and O–H groups in total. The minimum Gasteiger partial charge on any atom is -0.493 e. The Hall–Kier alpha value is -2.16. The lowest BCUT2D eigenvalue weighted by atomic mass is 9.97. The van der Waals surface area contributed by atoms with Gasteiger partial charge in [-0.1, -0.05) is 18.2 Å². The molecule has 0 amide bonds. The smallest absolute Gasteiger partial charge is 0.168 e. The summed E-state index contributed by atoms with van der Waals surface area (Å²) in [6, 6.07) is 10.2. The molecule has 3 heteroatoms. The zero-order valence-corrected chi connectivity index (χ0v) is 11.9. The summed E-state index contributed by atoms with van der Waals surface area (Å²) in [5.74, 6) is 2.38. The topological polar surface area (TPSA) is 27.7 Å². The van der Waals surface area contributed by atoms with Crippen LogP contribution in [0.5, 0.6) is 17.2 Å². The van der Waals surface area contributed by atoms with E-state index in [1.165, 1.54) is 11.1 Å². The standard InChI is InChI=1S/C17H17O3/c1-11-9-12-7-8-20-16(12)14(10-11)13-5-4-6-15(18-2)17(13)19-3/h4-6,8-10H,7H2,1-3H3. The highest BCUT2D eigenvalue weighted by molar-refractivity contribution is 5.80. The molecule has 2 aromatic carbocycles. The summed E-state index contributed by atoms with van der Waals surface area (Å²) < 4.78 is 16.6. The van der Waals surface area contributed by atoms with Crippen LogP contribution in [0.3, 0.4) is 0 Å². The number of aryl methyl sites for hydroxylation is 1. The highest BCUT2D eigenvalue weighted by Crippen LogP contribution is 2.45. The Morgan fingerprint density at radius 1 is 1.05 bits per heavy atom. The maximum atomic E-state index is 5.69. The fourth-order valence-corrected chi connectivity index (χ4v) is 2.65. The highest BCUT2D eigenvalue weighted by Gasteiger charge is 2.21. The molecule has 1 heterocycles. The van der Waals surface area contributed by atoms with Crippen LogP contribution in [0.25, 0.3) is 11.1 Å². The minimum atomic E-state index is 0.724. The Labute approximate surface area is 119 Å². The first kappa shape index (κ1) is 12.9. The molecule has 0 unspecified atom stereocenters. The molecule has 1 radical (unpaired) electrons. The molecule has 3 nitrogen and oxygen atoms in total. The van der Waals surface area contributed by atoms with E-state index in [9.17, 15) is 0 Å². The molecule has 20 heavy (non-hydrogen) atoms. The van der Waals surface area contributed by atoms with Crippen LogP contribution in [0.15, 0.2) is 30.3 Å². The summed E-state index contributed by atoms with van der Waals surface area (Å²) in [5.41, 5.74) is 4.46. The van der Waals surface area contributed by atoms with Crippen LogP contribution in [-0.2, 0) is 6.42 Å². The molecule has 1 aliphatic rings. The molecule has 2 aromatic rings. The molecule has 1 aliphatic heterocycles. The van der Waals surface area contributed by atoms with Crippen molar-refractivity contribution in [3.05, 3.63) is 48.1 Å². The number of para-hydroxylation sites is 1. The van der Waals surface area contributed by atoms with Gasteiger partial charge in [0.2, 0.25) is 0 Å². The Morgan fingerprint density at radius 2 is 1.90 bits per heavy atom. The first-order valence-corrected chi connectivity index (χ1v) is 6.58. The Morgan fingerprint density at radius 3 is 2.65 bits per heavy atom. The van der Waals surface area contributed by atoms with E-state index in [0.717, 1.165) is 34.8 Å². The Balaban J connectivity index is 2.24. The molecule has 0 aromatic heterocycles. The third-order valence-electron chi connectivity index (χ3n) is 3.51. The summed E-state index contributed by atoms with van der Waals surface area (Å²) in [6.45, 7) is 3.93. The van der Waals surface area contributed by atoms with E-state index in [-0.39, 0.29) is 0 Å². The van der Waals surface area contributed by atoms with Crippen molar-refractivity contribution in [2.45, 2.75) is 13.3 Å². The molecule has 0 saturated carbocycles. The summed E-state index contributed by atoms with van der Waals surface area (Å²) in [5, 5.41) is 0. The number of rotatable bonds is 3. The number of hydrogen-bond donors (Lipinski definition) is 0. The van der Waals surface area contributed by atoms with E-state index in [1.54, 1.807) is 14.2 Å². The second kappa shape index (κ2) is 5.08. The summed E-state index contributed by atoms with van der Waals surface area (Å²) in [7, 11) is 3.30. The van der Waals surface area contributed by atoms with Crippen molar-refractivity contribution in [2.75, 3.05) is 14.2 Å². The largest absolute Gasteiger partial charge is 0.493 e. The van der Waals surface area contributed by atoms with E-state index in [2.05, 4.69) is 19.1 Å². The normalized spacial score (nSPS) is 12.8. The quantitative estimate of drug-likeness (QED) is 0.848. The number of fused-ring (bicyclic) bond motifs is 1. The first-order chi connectivity index (χ1) is 9.74. The van der Waals surface area contributed by atoms with Crippen LogP contribution in [-0.4, -0.2) is 14.2 Å². The second-order valence-electron chi connectivity index (χ2n) is 4.83. The van der Waals surface area contributed by atoms with Gasteiger partial charge >= 0.3 is 0 Å². The molecular weight excluding hydrogens is 252 g/mol. The SMILES string of the molecule is COc1cccc(-c2cc(C)cc3c2O[CH]C3)c1OC. The number of hydrogen-bond acceptors (Lipinski definition) is 3. The van der Waals surface area contributed by atoms with Gasteiger partial charge in [0.05, 0.1) is 14.2 Å². The van der Waals surface area contributed by atoms with E-state index in [0.29, 0.717) is 0 Å². The lowest BCUT2D eigenvalue weighted by molar-refractivity contribution is 0.356. The maximum Gasteiger partial charge on any atom is 0.168 e. The average molecular weight is 269 g/mol. The lowest BCUT2D eigenvalue weighted by Crippen LogP contribution is -1.95. The molecule has 0 aliphatic carbocycles. The zero-order valence-electron chi connectivity index (χ0n) is 11.9. The van der Waals surface area contributed by atoms with Crippen molar-refractivity contribution < 1.29 is 14.2 Å². The van der Waals surface area contributed by atoms with Crippen molar-refractivity contribution in [1.29, 1.82) is 0 Å². The molecule has 103 valence electrons. The number of benzene rings is 2. The van der Waals surface area contributed by atoms with Gasteiger partial charge < -0.3 is 14.2 Å². The van der Waals surface area contributed by atoms with E-state index in [1.807, 2.05) is 24.8 Å². The summed E-state index contributed by atoms with van der Waals surface area (Å²) in [4.78, 5) is 0. The predicted molar refractivity (Wildman–Crippen MR) is 78.4 cm³/mol. The van der Waals surface area contributed by atoms with Crippen LogP contribution >= 0.6 is 0 Å². The van der Waals surface area contributed by atoms with Gasteiger partial charge in [-0.2, -0.15) is 0 Å². The number of ether oxygens (including phenoxy) is 3. The van der Waals surface area contributed by atoms with Crippen molar-refractivity contribution in [3.63, 3.8) is 0 Å². The lowest BCUT2D eigenvalue weighted by Gasteiger charge is -2.15. The van der Waals surface area contributed by atoms with Gasteiger partial charge in [-0.3, -0.25) is 0 Å². The van der Waals surface area contributed by atoms with Gasteiger partial charge in [0.25, 0.3) is 0 Å². The molecule has 0 bridgehead atoms. The summed E-state index contributed by atoms with van der Waals surface area (Å²) >= 11 is 0. The van der Waals surface area contributed by atoms with Crippen LogP contribution in [0.2, 0.25) is 0 Å². The fraction of sp³-hybridized carbons (Fsp3) is 0.235. The first-order valence-electron chi connectivity index (χ1n) is 6.58. The van der Waals surface area contributed by atoms with Gasteiger partial charge in [0, 0.05) is 17.5 Å². The summed E-state index contributed by atoms with van der Waals surface area (Å²) in [6.07, 6.45) is 0.844. The predicted octanol–water partition coefficient (Wildman–Crippen LogP) is 3.78. The minimum absolute atomic E-state index is 0.724. The van der Waals surface area contributed by atoms with E-state index >= 15 is 0 Å². The van der Waals surface area contributed by atoms with E-state index in [4.69, 9.17) is 14.2 Å². The van der Waals surface area contributed by atoms with Crippen molar-refractivity contribution >= 4 is 0 Å². The van der Waals surface area contributed by atoms with Crippen molar-refractivity contribution in [1.82, 2.24) is 0 Å². The van der Waals surface area contributed by atoms with Gasteiger partial charge in [0.1, 0.15) is 12.4 Å². The molecule has 0 fully saturated rings. The van der Waals surface area contributed by atoms with Gasteiger partial charge in [-0.15, -0.1) is 0 Å². The molecule has 0 spiro atoms. The van der Waals surface area contributed by atoms with Gasteiger partial charge in [-0.25, -0.2) is 0 Å². The monoisotopic (exact) mass is 269 g/mol. The van der Waals surface area contributed by atoms with Crippen LogP contribution in [0, 0.1) is 13.5 Å². The van der Waals surface area contributed by atoms with Crippen LogP contribution in [0.4, 0.5) is 0 Å². The molecular formula is C17H17O3. The maximum absolute atomic E-state index is 5.69. The molecule has 3 rings (SSSR count). The molecule has 0 atom stereocenters. The van der Waals surface area contributed by atoms with Crippen molar-refractivity contribution in [2.24, 2.45) is 0 Å². The van der Waals surface area contributed by atoms with Crippen molar-refractivity contribution in [3.8, 4) is 28.4 Å². The van der Waals surface area contributed by atoms with Crippen LogP contribution in [0.1, 0.15) is 11.1 Å². The highest BCUT2D eigenvalue weighted by atomic mass is 16.5. The Bertz CT molecular complexity index is 647.